The Morgan fingerprint density at radius 1 is 1.11 bits per heavy atom. The first-order valence-corrected chi connectivity index (χ1v) is 8.86. The van der Waals surface area contributed by atoms with E-state index >= 15 is 0 Å². The van der Waals surface area contributed by atoms with Crippen LogP contribution in [0.4, 0.5) is 4.79 Å². The maximum absolute atomic E-state index is 12.3. The molecule has 1 aliphatic heterocycles. The molecular formula is C18H23ClN2O6. The van der Waals surface area contributed by atoms with E-state index in [4.69, 9.17) is 26.2 Å². The topological polar surface area (TPSA) is 96.4 Å². The zero-order chi connectivity index (χ0) is 20.2. The third kappa shape index (κ3) is 6.02. The van der Waals surface area contributed by atoms with Gasteiger partial charge in [-0.1, -0.05) is 11.6 Å². The molecule has 0 spiro atoms. The van der Waals surface area contributed by atoms with Gasteiger partial charge in [-0.05, 0) is 39.0 Å². The molecule has 1 aromatic rings. The van der Waals surface area contributed by atoms with Gasteiger partial charge < -0.3 is 24.4 Å². The van der Waals surface area contributed by atoms with Gasteiger partial charge in [0, 0.05) is 26.2 Å². The third-order valence-corrected chi connectivity index (χ3v) is 4.13. The van der Waals surface area contributed by atoms with Crippen LogP contribution in [-0.4, -0.2) is 71.3 Å². The van der Waals surface area contributed by atoms with Crippen LogP contribution in [0.2, 0.25) is 5.02 Å². The molecule has 0 unspecified atom stereocenters. The predicted octanol–water partition coefficient (Wildman–Crippen LogP) is 2.50. The number of halogens is 1. The van der Waals surface area contributed by atoms with Gasteiger partial charge in [0.2, 0.25) is 0 Å². The van der Waals surface area contributed by atoms with Gasteiger partial charge in [0.25, 0.3) is 5.91 Å². The molecule has 0 aliphatic carbocycles. The molecule has 27 heavy (non-hydrogen) atoms. The molecule has 1 fully saturated rings. The second-order valence-corrected chi connectivity index (χ2v) is 7.49. The number of carbonyl (C=O) groups excluding carboxylic acids is 2. The zero-order valence-corrected chi connectivity index (χ0v) is 16.3. The fraction of sp³-hybridized carbons (Fsp3) is 0.500. The molecule has 2 rings (SSSR count). The second-order valence-electron chi connectivity index (χ2n) is 7.08. The van der Waals surface area contributed by atoms with Crippen LogP contribution in [0.15, 0.2) is 18.2 Å². The van der Waals surface area contributed by atoms with Gasteiger partial charge in [-0.3, -0.25) is 4.79 Å². The van der Waals surface area contributed by atoms with E-state index in [1.807, 2.05) is 0 Å². The van der Waals surface area contributed by atoms with E-state index in [-0.39, 0.29) is 29.2 Å². The maximum Gasteiger partial charge on any atom is 0.410 e. The van der Waals surface area contributed by atoms with E-state index in [0.717, 1.165) is 0 Å². The largest absolute Gasteiger partial charge is 0.484 e. The van der Waals surface area contributed by atoms with Crippen molar-refractivity contribution in [1.82, 2.24) is 9.80 Å². The molecule has 0 bridgehead atoms. The molecule has 1 heterocycles. The van der Waals surface area contributed by atoms with Gasteiger partial charge in [0.05, 0.1) is 10.6 Å². The standard InChI is InChI=1S/C18H23ClN2O6/c1-18(2,3)27-17(25)21-8-6-20(7-9-21)15(22)11-26-12-4-5-13(16(23)24)14(19)10-12/h4-5,10H,6-9,11H2,1-3H3,(H,23,24). The molecule has 0 saturated carbocycles. The lowest BCUT2D eigenvalue weighted by atomic mass is 10.2. The number of nitrogens with zero attached hydrogens (tertiary/aromatic N) is 2. The van der Waals surface area contributed by atoms with Crippen LogP contribution in [0.25, 0.3) is 0 Å². The van der Waals surface area contributed by atoms with Gasteiger partial charge in [-0.25, -0.2) is 9.59 Å². The minimum atomic E-state index is -1.13. The Bertz CT molecular complexity index is 723. The van der Waals surface area contributed by atoms with Crippen LogP contribution in [0.3, 0.4) is 0 Å². The van der Waals surface area contributed by atoms with Crippen LogP contribution in [0.5, 0.6) is 5.75 Å². The highest BCUT2D eigenvalue weighted by atomic mass is 35.5. The second kappa shape index (κ2) is 8.47. The summed E-state index contributed by atoms with van der Waals surface area (Å²) < 4.78 is 10.7. The number of carboxylic acid groups (broad SMARTS) is 1. The van der Waals surface area contributed by atoms with Crippen LogP contribution >= 0.6 is 11.6 Å². The minimum Gasteiger partial charge on any atom is -0.484 e. The van der Waals surface area contributed by atoms with Gasteiger partial charge in [0.15, 0.2) is 6.61 Å². The molecule has 1 aliphatic rings. The lowest BCUT2D eigenvalue weighted by Gasteiger charge is -2.35. The van der Waals surface area contributed by atoms with Crippen molar-refractivity contribution in [2.75, 3.05) is 32.8 Å². The number of carbonyl (C=O) groups is 3. The summed E-state index contributed by atoms with van der Waals surface area (Å²) in [5.41, 5.74) is -0.594. The maximum atomic E-state index is 12.3. The SMILES string of the molecule is CC(C)(C)OC(=O)N1CCN(C(=O)COc2ccc(C(=O)O)c(Cl)c2)CC1. The number of amides is 2. The molecule has 0 atom stereocenters. The number of piperazine rings is 1. The van der Waals surface area contributed by atoms with E-state index in [9.17, 15) is 14.4 Å². The molecule has 1 aromatic carbocycles. The van der Waals surface area contributed by atoms with Gasteiger partial charge in [0.1, 0.15) is 11.4 Å². The Labute approximate surface area is 162 Å². The van der Waals surface area contributed by atoms with Crippen molar-refractivity contribution >= 4 is 29.6 Å². The number of hydrogen-bond donors (Lipinski definition) is 1. The summed E-state index contributed by atoms with van der Waals surface area (Å²) in [5, 5.41) is 8.98. The summed E-state index contributed by atoms with van der Waals surface area (Å²) in [5.74, 6) is -1.05. The van der Waals surface area contributed by atoms with Gasteiger partial charge >= 0.3 is 12.1 Å². The number of hydrogen-bond acceptors (Lipinski definition) is 5. The van der Waals surface area contributed by atoms with Crippen LogP contribution < -0.4 is 4.74 Å². The summed E-state index contributed by atoms with van der Waals surface area (Å²) in [7, 11) is 0. The van der Waals surface area contributed by atoms with Crippen molar-refractivity contribution in [3.05, 3.63) is 28.8 Å². The molecule has 1 N–H and O–H groups in total. The molecule has 0 aromatic heterocycles. The van der Waals surface area contributed by atoms with Crippen molar-refractivity contribution < 1.29 is 29.0 Å². The molecule has 0 radical (unpaired) electrons. The molecule has 9 heteroatoms. The highest BCUT2D eigenvalue weighted by Gasteiger charge is 2.27. The van der Waals surface area contributed by atoms with E-state index in [1.54, 1.807) is 30.6 Å². The predicted molar refractivity (Wildman–Crippen MR) is 98.3 cm³/mol. The number of benzene rings is 1. The quantitative estimate of drug-likeness (QED) is 0.837. The van der Waals surface area contributed by atoms with E-state index < -0.39 is 11.6 Å². The summed E-state index contributed by atoms with van der Waals surface area (Å²) in [6.45, 7) is 6.76. The highest BCUT2D eigenvalue weighted by Crippen LogP contribution is 2.22. The molecule has 8 nitrogen and oxygen atoms in total. The lowest BCUT2D eigenvalue weighted by Crippen LogP contribution is -2.52. The lowest BCUT2D eigenvalue weighted by molar-refractivity contribution is -0.135. The number of ether oxygens (including phenoxy) is 2. The minimum absolute atomic E-state index is 0.0337. The Balaban J connectivity index is 1.82. The average molecular weight is 399 g/mol. The monoisotopic (exact) mass is 398 g/mol. The van der Waals surface area contributed by atoms with Crippen LogP contribution in [0, 0.1) is 0 Å². The van der Waals surface area contributed by atoms with Gasteiger partial charge in [-0.15, -0.1) is 0 Å². The number of aromatic carboxylic acids is 1. The first-order valence-electron chi connectivity index (χ1n) is 8.48. The van der Waals surface area contributed by atoms with Crippen LogP contribution in [-0.2, 0) is 9.53 Å². The fourth-order valence-electron chi connectivity index (χ4n) is 2.46. The first-order chi connectivity index (χ1) is 12.6. The summed E-state index contributed by atoms with van der Waals surface area (Å²) >= 11 is 5.87. The van der Waals surface area contributed by atoms with Crippen molar-refractivity contribution in [3.8, 4) is 5.75 Å². The normalized spacial score (nSPS) is 14.7. The molecule has 148 valence electrons. The Morgan fingerprint density at radius 3 is 2.22 bits per heavy atom. The van der Waals surface area contributed by atoms with Crippen molar-refractivity contribution in [2.45, 2.75) is 26.4 Å². The average Bonchev–Trinajstić information content (AvgIpc) is 2.58. The van der Waals surface area contributed by atoms with Crippen LogP contribution in [0.1, 0.15) is 31.1 Å². The van der Waals surface area contributed by atoms with Crippen molar-refractivity contribution in [2.24, 2.45) is 0 Å². The molecular weight excluding hydrogens is 376 g/mol. The van der Waals surface area contributed by atoms with Gasteiger partial charge in [-0.2, -0.15) is 0 Å². The van der Waals surface area contributed by atoms with E-state index in [2.05, 4.69) is 0 Å². The Kier molecular flexibility index (Phi) is 6.54. The summed E-state index contributed by atoms with van der Waals surface area (Å²) in [4.78, 5) is 38.4. The smallest absolute Gasteiger partial charge is 0.410 e. The summed E-state index contributed by atoms with van der Waals surface area (Å²) in [6, 6.07) is 4.13. The van der Waals surface area contributed by atoms with E-state index in [0.29, 0.717) is 31.9 Å². The summed E-state index contributed by atoms with van der Waals surface area (Å²) in [6.07, 6.45) is -0.390. The first kappa shape index (κ1) is 20.8. The Morgan fingerprint density at radius 2 is 1.70 bits per heavy atom. The number of carboxylic acids is 1. The third-order valence-electron chi connectivity index (χ3n) is 3.82. The molecule has 1 saturated heterocycles. The van der Waals surface area contributed by atoms with E-state index in [1.165, 1.54) is 18.2 Å². The zero-order valence-electron chi connectivity index (χ0n) is 15.5. The Hall–Kier alpha value is -2.48. The van der Waals surface area contributed by atoms with Crippen molar-refractivity contribution in [1.29, 1.82) is 0 Å². The van der Waals surface area contributed by atoms with Crippen molar-refractivity contribution in [3.63, 3.8) is 0 Å². The molecule has 2 amide bonds. The highest BCUT2D eigenvalue weighted by molar-refractivity contribution is 6.33. The fourth-order valence-corrected chi connectivity index (χ4v) is 2.71. The number of rotatable bonds is 4.